The van der Waals surface area contributed by atoms with Crippen LogP contribution in [0.3, 0.4) is 0 Å². The minimum atomic E-state index is -1.02. The van der Waals surface area contributed by atoms with Crippen molar-refractivity contribution in [2.24, 2.45) is 11.8 Å². The van der Waals surface area contributed by atoms with Crippen LogP contribution in [0.15, 0.2) is 78.9 Å². The average molecular weight is 605 g/mol. The molecule has 2 aliphatic carbocycles. The lowest BCUT2D eigenvalue weighted by atomic mass is 9.78. The molecule has 45 heavy (non-hydrogen) atoms. The van der Waals surface area contributed by atoms with Gasteiger partial charge in [-0.2, -0.15) is 0 Å². The summed E-state index contributed by atoms with van der Waals surface area (Å²) in [4.78, 5) is 43.3. The molecule has 0 unspecified atom stereocenters. The van der Waals surface area contributed by atoms with E-state index in [2.05, 4.69) is 41.2 Å². The van der Waals surface area contributed by atoms with Crippen LogP contribution in [0.25, 0.3) is 28.5 Å². The molecule has 2 fully saturated rings. The van der Waals surface area contributed by atoms with E-state index >= 15 is 0 Å². The molecule has 2 saturated carbocycles. The summed E-state index contributed by atoms with van der Waals surface area (Å²) >= 11 is 0. The summed E-state index contributed by atoms with van der Waals surface area (Å²) in [6.45, 7) is 4.67. The smallest absolute Gasteiger partial charge is 0.328 e. The molecule has 0 bridgehead atoms. The normalized spacial score (nSPS) is 20.0. The quantitative estimate of drug-likeness (QED) is 0.181. The Hall–Kier alpha value is -4.72. The maximum atomic E-state index is 13.8. The first-order valence-corrected chi connectivity index (χ1v) is 16.0. The number of hydrogen-bond acceptors (Lipinski definition) is 4. The van der Waals surface area contributed by atoms with Crippen LogP contribution < -0.4 is 10.6 Å². The van der Waals surface area contributed by atoms with Crippen molar-refractivity contribution < 1.29 is 19.5 Å². The zero-order chi connectivity index (χ0) is 31.6. The maximum absolute atomic E-state index is 13.8. The molecule has 3 N–H and O–H groups in total. The first-order chi connectivity index (χ1) is 21.7. The molecular weight excluding hydrogens is 564 g/mol. The fourth-order valence-corrected chi connectivity index (χ4v) is 7.28. The van der Waals surface area contributed by atoms with Crippen LogP contribution in [0.2, 0.25) is 0 Å². The molecule has 232 valence electrons. The van der Waals surface area contributed by atoms with E-state index in [1.165, 1.54) is 25.3 Å². The van der Waals surface area contributed by atoms with Crippen molar-refractivity contribution in [3.63, 3.8) is 0 Å². The van der Waals surface area contributed by atoms with Crippen LogP contribution >= 0.6 is 0 Å². The molecular formula is C37H40N4O4. The molecule has 4 aromatic rings. The number of nitrogens with zero attached hydrogens (tertiary/aromatic N) is 2. The van der Waals surface area contributed by atoms with E-state index in [0.29, 0.717) is 47.5 Å². The molecule has 0 spiro atoms. The predicted octanol–water partition coefficient (Wildman–Crippen LogP) is 7.48. The summed E-state index contributed by atoms with van der Waals surface area (Å²) in [5.74, 6) is 0.371. The first kappa shape index (κ1) is 30.3. The Balaban J connectivity index is 1.27. The Kier molecular flexibility index (Phi) is 8.57. The summed E-state index contributed by atoms with van der Waals surface area (Å²) < 4.78 is 2.40. The van der Waals surface area contributed by atoms with Gasteiger partial charge >= 0.3 is 5.97 Å². The number of aromatic nitrogens is 2. The number of rotatable bonds is 8. The molecule has 2 amide bonds. The summed E-state index contributed by atoms with van der Waals surface area (Å²) in [5.41, 5.74) is 3.59. The SMILES string of the molecule is C[C@H]1CCC[C@H](C)C1n1c(-c2ccccc2)nc2cc(C(=O)NC3(C(=O)Nc4ccc(/C=C/C(=O)O)cc4)CCCC3)ccc21. The Morgan fingerprint density at radius 3 is 2.27 bits per heavy atom. The second-order valence-electron chi connectivity index (χ2n) is 12.7. The van der Waals surface area contributed by atoms with E-state index < -0.39 is 11.5 Å². The Morgan fingerprint density at radius 1 is 0.911 bits per heavy atom. The molecule has 1 aromatic heterocycles. The van der Waals surface area contributed by atoms with Gasteiger partial charge in [0.15, 0.2) is 0 Å². The highest BCUT2D eigenvalue weighted by Crippen LogP contribution is 2.42. The highest BCUT2D eigenvalue weighted by atomic mass is 16.4. The van der Waals surface area contributed by atoms with E-state index in [1.807, 2.05) is 36.4 Å². The number of imidazole rings is 1. The number of aliphatic carboxylic acids is 1. The van der Waals surface area contributed by atoms with Gasteiger partial charge in [0, 0.05) is 28.9 Å². The van der Waals surface area contributed by atoms with E-state index in [0.717, 1.165) is 41.3 Å². The second-order valence-corrected chi connectivity index (χ2v) is 12.7. The summed E-state index contributed by atoms with van der Waals surface area (Å²) in [6.07, 6.45) is 8.94. The third-order valence-corrected chi connectivity index (χ3v) is 9.60. The number of hydrogen-bond donors (Lipinski definition) is 3. The molecule has 8 heteroatoms. The molecule has 0 saturated heterocycles. The topological polar surface area (TPSA) is 113 Å². The van der Waals surface area contributed by atoms with Crippen molar-refractivity contribution in [3.05, 3.63) is 90.0 Å². The van der Waals surface area contributed by atoms with Gasteiger partial charge in [-0.3, -0.25) is 9.59 Å². The fraction of sp³-hybridized carbons (Fsp3) is 0.351. The number of nitrogens with one attached hydrogen (secondary N) is 2. The number of benzene rings is 3. The molecule has 3 aromatic carbocycles. The molecule has 2 aliphatic rings. The summed E-state index contributed by atoms with van der Waals surface area (Å²) in [6, 6.07) is 23.2. The lowest BCUT2D eigenvalue weighted by Crippen LogP contribution is -2.55. The average Bonchev–Trinajstić information content (AvgIpc) is 3.66. The number of carboxylic acids is 1. The Bertz CT molecular complexity index is 1730. The highest BCUT2D eigenvalue weighted by Gasteiger charge is 2.43. The molecule has 0 radical (unpaired) electrons. The third kappa shape index (κ3) is 6.27. The number of carboxylic acid groups (broad SMARTS) is 1. The van der Waals surface area contributed by atoms with Gasteiger partial charge in [-0.1, -0.05) is 75.6 Å². The van der Waals surface area contributed by atoms with Crippen LogP contribution in [0.4, 0.5) is 5.69 Å². The Labute approximate surface area is 263 Å². The van der Waals surface area contributed by atoms with Crippen LogP contribution in [0, 0.1) is 11.8 Å². The van der Waals surface area contributed by atoms with Gasteiger partial charge in [-0.05, 0) is 79.5 Å². The second kappa shape index (κ2) is 12.7. The van der Waals surface area contributed by atoms with Gasteiger partial charge in [0.2, 0.25) is 5.91 Å². The van der Waals surface area contributed by atoms with Crippen molar-refractivity contribution in [1.82, 2.24) is 14.9 Å². The maximum Gasteiger partial charge on any atom is 0.328 e. The van der Waals surface area contributed by atoms with Gasteiger partial charge in [0.25, 0.3) is 5.91 Å². The minimum Gasteiger partial charge on any atom is -0.478 e. The van der Waals surface area contributed by atoms with Crippen molar-refractivity contribution in [1.29, 1.82) is 0 Å². The van der Waals surface area contributed by atoms with Crippen molar-refractivity contribution in [3.8, 4) is 11.4 Å². The van der Waals surface area contributed by atoms with Crippen LogP contribution in [0.1, 0.15) is 80.8 Å². The highest BCUT2D eigenvalue weighted by molar-refractivity contribution is 6.05. The zero-order valence-electron chi connectivity index (χ0n) is 25.8. The van der Waals surface area contributed by atoms with E-state index in [-0.39, 0.29) is 11.8 Å². The monoisotopic (exact) mass is 604 g/mol. The number of fused-ring (bicyclic) bond motifs is 1. The van der Waals surface area contributed by atoms with Crippen LogP contribution in [-0.4, -0.2) is 38.0 Å². The first-order valence-electron chi connectivity index (χ1n) is 16.0. The van der Waals surface area contributed by atoms with Crippen molar-refractivity contribution in [2.45, 2.75) is 70.4 Å². The summed E-state index contributed by atoms with van der Waals surface area (Å²) in [7, 11) is 0. The molecule has 6 rings (SSSR count). The molecule has 0 aliphatic heterocycles. The molecule has 8 nitrogen and oxygen atoms in total. The largest absolute Gasteiger partial charge is 0.478 e. The van der Waals surface area contributed by atoms with E-state index in [4.69, 9.17) is 10.1 Å². The van der Waals surface area contributed by atoms with E-state index in [9.17, 15) is 14.4 Å². The van der Waals surface area contributed by atoms with Crippen molar-refractivity contribution >= 4 is 40.6 Å². The Morgan fingerprint density at radius 2 is 1.60 bits per heavy atom. The number of carbonyl (C=O) groups excluding carboxylic acids is 2. The van der Waals surface area contributed by atoms with Crippen molar-refractivity contribution in [2.75, 3.05) is 5.32 Å². The minimum absolute atomic E-state index is 0.251. The molecule has 1 heterocycles. The standard InChI is InChI=1S/C37H40N4O4/c1-24-9-8-10-25(2)33(24)41-31-19-16-28(23-30(31)39-34(41)27-11-4-3-5-12-27)35(44)40-37(21-6-7-22-37)36(45)38-29-17-13-26(14-18-29)15-20-32(42)43/h3-5,11-20,23-25,33H,6-10,21-22H2,1-2H3,(H,38,45)(H,40,44)(H,42,43)/b20-15+/t24-,25-/m0/s1. The van der Waals surface area contributed by atoms with Gasteiger partial charge in [-0.25, -0.2) is 9.78 Å². The van der Waals surface area contributed by atoms with Gasteiger partial charge in [-0.15, -0.1) is 0 Å². The lowest BCUT2D eigenvalue weighted by Gasteiger charge is -2.37. The van der Waals surface area contributed by atoms with Gasteiger partial charge < -0.3 is 20.3 Å². The molecule has 2 atom stereocenters. The third-order valence-electron chi connectivity index (χ3n) is 9.60. The predicted molar refractivity (Wildman–Crippen MR) is 177 cm³/mol. The number of carbonyl (C=O) groups is 3. The van der Waals surface area contributed by atoms with E-state index in [1.54, 1.807) is 24.3 Å². The van der Waals surface area contributed by atoms with Gasteiger partial charge in [0.05, 0.1) is 11.0 Å². The van der Waals surface area contributed by atoms with Crippen LogP contribution in [0.5, 0.6) is 0 Å². The van der Waals surface area contributed by atoms with Crippen LogP contribution in [-0.2, 0) is 9.59 Å². The lowest BCUT2D eigenvalue weighted by molar-refractivity contribution is -0.131. The number of amides is 2. The van der Waals surface area contributed by atoms with Gasteiger partial charge in [0.1, 0.15) is 11.4 Å². The number of anilines is 1. The summed E-state index contributed by atoms with van der Waals surface area (Å²) in [5, 5.41) is 14.9. The fourth-order valence-electron chi connectivity index (χ4n) is 7.28. The zero-order valence-corrected chi connectivity index (χ0v) is 25.8.